The Balaban J connectivity index is 2.53. The standard InChI is InChI=1S/C9H13N3O6/c1-12-6(14)2-4(7(12)15)10-9(18)11-5(3-13)8(16)17/h4-5,13H,2-3H2,1H3,(H,16,17)(H2,10,11,18)/t4?,5-/m0/s1. The molecule has 0 saturated carbocycles. The van der Waals surface area contributed by atoms with Gasteiger partial charge in [0.2, 0.25) is 5.91 Å². The second-order valence-electron chi connectivity index (χ2n) is 3.74. The number of imide groups is 1. The number of urea groups is 1. The molecule has 9 heteroatoms. The van der Waals surface area contributed by atoms with Gasteiger partial charge in [0.1, 0.15) is 6.04 Å². The van der Waals surface area contributed by atoms with Gasteiger partial charge in [-0.15, -0.1) is 0 Å². The molecular weight excluding hydrogens is 246 g/mol. The van der Waals surface area contributed by atoms with E-state index in [0.29, 0.717) is 0 Å². The predicted molar refractivity (Wildman–Crippen MR) is 56.4 cm³/mol. The zero-order chi connectivity index (χ0) is 13.9. The van der Waals surface area contributed by atoms with Gasteiger partial charge in [0.15, 0.2) is 6.04 Å². The molecule has 1 heterocycles. The van der Waals surface area contributed by atoms with Crippen molar-refractivity contribution in [3.63, 3.8) is 0 Å². The highest BCUT2D eigenvalue weighted by Crippen LogP contribution is 2.10. The first kappa shape index (κ1) is 13.9. The van der Waals surface area contributed by atoms with E-state index in [0.717, 1.165) is 4.90 Å². The minimum atomic E-state index is -1.46. The monoisotopic (exact) mass is 259 g/mol. The van der Waals surface area contributed by atoms with E-state index in [2.05, 4.69) is 5.32 Å². The number of amides is 4. The maximum Gasteiger partial charge on any atom is 0.328 e. The maximum atomic E-state index is 11.4. The normalized spacial score (nSPS) is 20.8. The second-order valence-corrected chi connectivity index (χ2v) is 3.74. The number of aliphatic hydroxyl groups excluding tert-OH is 1. The van der Waals surface area contributed by atoms with Crippen LogP contribution in [0.25, 0.3) is 0 Å². The molecule has 0 radical (unpaired) electrons. The van der Waals surface area contributed by atoms with Crippen LogP contribution in [0.3, 0.4) is 0 Å². The third kappa shape index (κ3) is 2.94. The summed E-state index contributed by atoms with van der Waals surface area (Å²) in [7, 11) is 1.29. The fourth-order valence-electron chi connectivity index (χ4n) is 1.41. The number of nitrogens with zero attached hydrogens (tertiary/aromatic N) is 1. The van der Waals surface area contributed by atoms with Gasteiger partial charge >= 0.3 is 12.0 Å². The van der Waals surface area contributed by atoms with Crippen molar-refractivity contribution >= 4 is 23.8 Å². The van der Waals surface area contributed by atoms with Crippen LogP contribution < -0.4 is 10.6 Å². The molecule has 1 aliphatic heterocycles. The van der Waals surface area contributed by atoms with Crippen LogP contribution in [0, 0.1) is 0 Å². The first-order valence-electron chi connectivity index (χ1n) is 5.08. The van der Waals surface area contributed by atoms with E-state index in [9.17, 15) is 19.2 Å². The molecule has 0 aromatic rings. The average molecular weight is 259 g/mol. The number of aliphatic carboxylic acids is 1. The Morgan fingerprint density at radius 1 is 1.50 bits per heavy atom. The van der Waals surface area contributed by atoms with Gasteiger partial charge in [-0.05, 0) is 0 Å². The molecule has 1 fully saturated rings. The SMILES string of the molecule is CN1C(=O)CC(NC(=O)N[C@@H](CO)C(=O)O)C1=O. The van der Waals surface area contributed by atoms with Crippen LogP contribution in [0.5, 0.6) is 0 Å². The Hall–Kier alpha value is -2.16. The van der Waals surface area contributed by atoms with E-state index in [4.69, 9.17) is 10.2 Å². The van der Waals surface area contributed by atoms with E-state index in [1.807, 2.05) is 5.32 Å². The summed E-state index contributed by atoms with van der Waals surface area (Å²) >= 11 is 0. The smallest absolute Gasteiger partial charge is 0.328 e. The summed E-state index contributed by atoms with van der Waals surface area (Å²) in [6, 6.07) is -3.40. The van der Waals surface area contributed by atoms with Crippen molar-refractivity contribution in [3.8, 4) is 0 Å². The van der Waals surface area contributed by atoms with E-state index in [-0.39, 0.29) is 6.42 Å². The van der Waals surface area contributed by atoms with Crippen LogP contribution in [-0.4, -0.2) is 64.7 Å². The molecule has 0 bridgehead atoms. The van der Waals surface area contributed by atoms with E-state index >= 15 is 0 Å². The third-order valence-corrected chi connectivity index (χ3v) is 2.47. The fourth-order valence-corrected chi connectivity index (χ4v) is 1.41. The van der Waals surface area contributed by atoms with Crippen molar-refractivity contribution in [2.75, 3.05) is 13.7 Å². The molecule has 100 valence electrons. The van der Waals surface area contributed by atoms with Crippen molar-refractivity contribution in [2.24, 2.45) is 0 Å². The lowest BCUT2D eigenvalue weighted by molar-refractivity contribution is -0.140. The molecule has 4 N–H and O–H groups in total. The number of aliphatic hydroxyl groups is 1. The Labute approximate surface area is 102 Å². The number of rotatable bonds is 4. The number of likely N-dealkylation sites (N-methyl/N-ethyl adjacent to an activating group) is 1. The second kappa shape index (κ2) is 5.45. The van der Waals surface area contributed by atoms with Gasteiger partial charge in [-0.25, -0.2) is 9.59 Å². The molecule has 1 unspecified atom stereocenters. The fraction of sp³-hybridized carbons (Fsp3) is 0.556. The summed E-state index contributed by atoms with van der Waals surface area (Å²) in [4.78, 5) is 45.4. The summed E-state index contributed by atoms with van der Waals surface area (Å²) in [6.45, 7) is -0.778. The summed E-state index contributed by atoms with van der Waals surface area (Å²) in [5.41, 5.74) is 0. The lowest BCUT2D eigenvalue weighted by atomic mass is 10.2. The number of nitrogens with one attached hydrogen (secondary N) is 2. The highest BCUT2D eigenvalue weighted by Gasteiger charge is 2.37. The number of hydrogen-bond acceptors (Lipinski definition) is 5. The molecule has 0 aromatic heterocycles. The Bertz CT molecular complexity index is 396. The highest BCUT2D eigenvalue weighted by molar-refractivity contribution is 6.06. The van der Waals surface area contributed by atoms with Gasteiger partial charge in [0.05, 0.1) is 13.0 Å². The molecule has 0 aliphatic carbocycles. The van der Waals surface area contributed by atoms with E-state index < -0.39 is 42.5 Å². The zero-order valence-corrected chi connectivity index (χ0v) is 9.54. The molecular formula is C9H13N3O6. The van der Waals surface area contributed by atoms with Crippen LogP contribution in [-0.2, 0) is 14.4 Å². The predicted octanol–water partition coefficient (Wildman–Crippen LogP) is -2.51. The number of carbonyl (C=O) groups excluding carboxylic acids is 3. The topological polar surface area (TPSA) is 136 Å². The first-order valence-corrected chi connectivity index (χ1v) is 5.08. The van der Waals surface area contributed by atoms with E-state index in [1.165, 1.54) is 7.05 Å². The molecule has 18 heavy (non-hydrogen) atoms. The van der Waals surface area contributed by atoms with E-state index in [1.54, 1.807) is 0 Å². The van der Waals surface area contributed by atoms with Crippen LogP contribution in [0.2, 0.25) is 0 Å². The molecule has 9 nitrogen and oxygen atoms in total. The molecule has 4 amide bonds. The summed E-state index contributed by atoms with van der Waals surface area (Å²) < 4.78 is 0. The van der Waals surface area contributed by atoms with Gasteiger partial charge in [0, 0.05) is 7.05 Å². The van der Waals surface area contributed by atoms with Crippen molar-refractivity contribution in [1.29, 1.82) is 0 Å². The summed E-state index contributed by atoms with van der Waals surface area (Å²) in [5.74, 6) is -2.40. The maximum absolute atomic E-state index is 11.4. The van der Waals surface area contributed by atoms with Crippen LogP contribution >= 0.6 is 0 Å². The lowest BCUT2D eigenvalue weighted by Gasteiger charge is -2.15. The largest absolute Gasteiger partial charge is 0.480 e. The minimum absolute atomic E-state index is 0.167. The number of likely N-dealkylation sites (tertiary alicyclic amines) is 1. The average Bonchev–Trinajstić information content (AvgIpc) is 2.53. The highest BCUT2D eigenvalue weighted by atomic mass is 16.4. The summed E-state index contributed by atoms with van der Waals surface area (Å²) in [5, 5.41) is 21.4. The van der Waals surface area contributed by atoms with Crippen molar-refractivity contribution in [3.05, 3.63) is 0 Å². The van der Waals surface area contributed by atoms with Crippen LogP contribution in [0.4, 0.5) is 4.79 Å². The number of carboxylic acids is 1. The van der Waals surface area contributed by atoms with Crippen LogP contribution in [0.1, 0.15) is 6.42 Å². The molecule has 1 saturated heterocycles. The van der Waals surface area contributed by atoms with Crippen LogP contribution in [0.15, 0.2) is 0 Å². The number of carbonyl (C=O) groups is 4. The first-order chi connectivity index (χ1) is 8.36. The van der Waals surface area contributed by atoms with Gasteiger partial charge in [-0.2, -0.15) is 0 Å². The Morgan fingerprint density at radius 2 is 2.11 bits per heavy atom. The van der Waals surface area contributed by atoms with Gasteiger partial charge in [-0.1, -0.05) is 0 Å². The molecule has 1 rings (SSSR count). The quantitative estimate of drug-likeness (QED) is 0.412. The van der Waals surface area contributed by atoms with Gasteiger partial charge in [-0.3, -0.25) is 14.5 Å². The zero-order valence-electron chi connectivity index (χ0n) is 9.54. The van der Waals surface area contributed by atoms with Gasteiger partial charge in [0.25, 0.3) is 5.91 Å². The Kier molecular flexibility index (Phi) is 4.21. The van der Waals surface area contributed by atoms with Crippen molar-refractivity contribution in [1.82, 2.24) is 15.5 Å². The number of hydrogen-bond donors (Lipinski definition) is 4. The lowest BCUT2D eigenvalue weighted by Crippen LogP contribution is -2.51. The summed E-state index contributed by atoms with van der Waals surface area (Å²) in [6.07, 6.45) is -0.167. The minimum Gasteiger partial charge on any atom is -0.480 e. The molecule has 0 spiro atoms. The molecule has 0 aromatic carbocycles. The van der Waals surface area contributed by atoms with Crippen molar-refractivity contribution in [2.45, 2.75) is 18.5 Å². The van der Waals surface area contributed by atoms with Gasteiger partial charge < -0.3 is 20.8 Å². The third-order valence-electron chi connectivity index (χ3n) is 2.47. The van der Waals surface area contributed by atoms with Crippen molar-refractivity contribution < 1.29 is 29.4 Å². The number of carboxylic acid groups (broad SMARTS) is 1. The molecule has 1 aliphatic rings. The Morgan fingerprint density at radius 3 is 2.50 bits per heavy atom. The molecule has 2 atom stereocenters.